The molecule has 4 nitrogen and oxygen atoms in total. The van der Waals surface area contributed by atoms with Gasteiger partial charge >= 0.3 is 0 Å². The topological polar surface area (TPSA) is 47.8 Å². The fourth-order valence-corrected chi connectivity index (χ4v) is 1.74. The number of aldehydes is 1. The standard InChI is InChI=1S/C8H10Cl3N3O/c1-2-3-4-14-7(8(9,10)11)6(5-15)12-13-14/h5H,2-4H2,1H3. The summed E-state index contributed by atoms with van der Waals surface area (Å²) in [5, 5.41) is 7.42. The van der Waals surface area contributed by atoms with E-state index in [1.807, 2.05) is 6.92 Å². The number of unbranched alkanes of at least 4 members (excludes halogenated alkanes) is 1. The molecule has 1 heterocycles. The molecule has 0 bridgehead atoms. The third-order valence-electron chi connectivity index (χ3n) is 1.86. The molecular formula is C8H10Cl3N3O. The van der Waals surface area contributed by atoms with Gasteiger partial charge in [0, 0.05) is 6.54 Å². The number of halogens is 3. The highest BCUT2D eigenvalue weighted by Crippen LogP contribution is 2.39. The van der Waals surface area contributed by atoms with Gasteiger partial charge in [0.25, 0.3) is 0 Å². The van der Waals surface area contributed by atoms with Crippen LogP contribution in [0.3, 0.4) is 0 Å². The van der Waals surface area contributed by atoms with E-state index in [2.05, 4.69) is 10.3 Å². The van der Waals surface area contributed by atoms with Crippen molar-refractivity contribution in [2.75, 3.05) is 0 Å². The number of aryl methyl sites for hydroxylation is 1. The van der Waals surface area contributed by atoms with Crippen molar-refractivity contribution in [3.63, 3.8) is 0 Å². The van der Waals surface area contributed by atoms with Crippen molar-refractivity contribution in [1.29, 1.82) is 0 Å². The summed E-state index contributed by atoms with van der Waals surface area (Å²) in [7, 11) is 0. The fourth-order valence-electron chi connectivity index (χ4n) is 1.16. The Bertz CT molecular complexity index is 345. The summed E-state index contributed by atoms with van der Waals surface area (Å²) >= 11 is 17.2. The van der Waals surface area contributed by atoms with Crippen LogP contribution in [0.15, 0.2) is 0 Å². The monoisotopic (exact) mass is 269 g/mol. The summed E-state index contributed by atoms with van der Waals surface area (Å²) in [4.78, 5) is 10.7. The van der Waals surface area contributed by atoms with Gasteiger partial charge < -0.3 is 0 Å². The van der Waals surface area contributed by atoms with Gasteiger partial charge in [0.05, 0.1) is 0 Å². The fraction of sp³-hybridized carbons (Fsp3) is 0.625. The number of carbonyl (C=O) groups is 1. The largest absolute Gasteiger partial charge is 0.296 e. The van der Waals surface area contributed by atoms with E-state index >= 15 is 0 Å². The summed E-state index contributed by atoms with van der Waals surface area (Å²) in [6.07, 6.45) is 2.40. The average Bonchev–Trinajstić information content (AvgIpc) is 2.56. The van der Waals surface area contributed by atoms with Crippen molar-refractivity contribution in [3.8, 4) is 0 Å². The summed E-state index contributed by atoms with van der Waals surface area (Å²) in [5.74, 6) is 0. The van der Waals surface area contributed by atoms with Crippen molar-refractivity contribution in [3.05, 3.63) is 11.4 Å². The zero-order chi connectivity index (χ0) is 11.5. The molecule has 7 heteroatoms. The summed E-state index contributed by atoms with van der Waals surface area (Å²) < 4.78 is -0.215. The molecule has 0 atom stereocenters. The van der Waals surface area contributed by atoms with Gasteiger partial charge in [0.2, 0.25) is 3.79 Å². The lowest BCUT2D eigenvalue weighted by molar-refractivity contribution is 0.111. The zero-order valence-corrected chi connectivity index (χ0v) is 10.4. The third kappa shape index (κ3) is 3.06. The molecule has 1 rings (SSSR count). The average molecular weight is 271 g/mol. The van der Waals surface area contributed by atoms with Gasteiger partial charge in [-0.2, -0.15) is 0 Å². The molecule has 1 aromatic rings. The van der Waals surface area contributed by atoms with Crippen LogP contribution in [0.5, 0.6) is 0 Å². The molecule has 0 N–H and O–H groups in total. The van der Waals surface area contributed by atoms with Crippen LogP contribution in [0.4, 0.5) is 0 Å². The Hall–Kier alpha value is -0.320. The van der Waals surface area contributed by atoms with Crippen molar-refractivity contribution in [2.45, 2.75) is 30.1 Å². The van der Waals surface area contributed by atoms with Gasteiger partial charge in [-0.15, -0.1) is 5.10 Å². The van der Waals surface area contributed by atoms with Crippen LogP contribution in [0, 0.1) is 0 Å². The summed E-state index contributed by atoms with van der Waals surface area (Å²) in [6, 6.07) is 0. The van der Waals surface area contributed by atoms with E-state index < -0.39 is 3.79 Å². The number of hydrogen-bond acceptors (Lipinski definition) is 3. The van der Waals surface area contributed by atoms with Crippen molar-refractivity contribution >= 4 is 41.1 Å². The molecule has 15 heavy (non-hydrogen) atoms. The first kappa shape index (κ1) is 12.7. The van der Waals surface area contributed by atoms with Gasteiger partial charge in [0.15, 0.2) is 12.0 Å². The van der Waals surface area contributed by atoms with E-state index in [0.29, 0.717) is 12.8 Å². The van der Waals surface area contributed by atoms with Crippen LogP contribution < -0.4 is 0 Å². The van der Waals surface area contributed by atoms with Gasteiger partial charge in [0.1, 0.15) is 5.69 Å². The van der Waals surface area contributed by atoms with E-state index in [-0.39, 0.29) is 11.4 Å². The lowest BCUT2D eigenvalue weighted by Gasteiger charge is -2.12. The minimum absolute atomic E-state index is 0.0751. The first-order valence-corrected chi connectivity index (χ1v) is 5.60. The number of hydrogen-bond donors (Lipinski definition) is 0. The SMILES string of the molecule is CCCCn1nnc(C=O)c1C(Cl)(Cl)Cl. The van der Waals surface area contributed by atoms with Crippen molar-refractivity contribution in [2.24, 2.45) is 0 Å². The highest BCUT2D eigenvalue weighted by Gasteiger charge is 2.32. The van der Waals surface area contributed by atoms with E-state index in [9.17, 15) is 4.79 Å². The normalized spacial score (nSPS) is 11.7. The molecule has 0 aliphatic heterocycles. The van der Waals surface area contributed by atoms with Gasteiger partial charge in [-0.05, 0) is 6.42 Å². The molecule has 0 amide bonds. The molecule has 0 saturated carbocycles. The maximum atomic E-state index is 10.7. The van der Waals surface area contributed by atoms with Crippen LogP contribution in [0.2, 0.25) is 0 Å². The molecule has 0 radical (unpaired) electrons. The Labute approximate surface area is 102 Å². The van der Waals surface area contributed by atoms with Crippen LogP contribution in [0.25, 0.3) is 0 Å². The molecule has 84 valence electrons. The molecule has 0 aliphatic carbocycles. The second-order valence-electron chi connectivity index (χ2n) is 3.02. The molecule has 0 saturated heterocycles. The van der Waals surface area contributed by atoms with Crippen LogP contribution in [0.1, 0.15) is 35.9 Å². The summed E-state index contributed by atoms with van der Waals surface area (Å²) in [5.41, 5.74) is 0.307. The molecule has 0 aromatic carbocycles. The lowest BCUT2D eigenvalue weighted by atomic mass is 10.3. The van der Waals surface area contributed by atoms with Gasteiger partial charge in [-0.1, -0.05) is 53.4 Å². The highest BCUT2D eigenvalue weighted by molar-refractivity contribution is 6.66. The number of aromatic nitrogens is 3. The minimum atomic E-state index is -1.67. The maximum absolute atomic E-state index is 10.7. The highest BCUT2D eigenvalue weighted by atomic mass is 35.6. The number of alkyl halides is 3. The molecular weight excluding hydrogens is 260 g/mol. The first-order valence-electron chi connectivity index (χ1n) is 4.46. The molecule has 1 aromatic heterocycles. The molecule has 0 aliphatic rings. The van der Waals surface area contributed by atoms with Crippen molar-refractivity contribution < 1.29 is 4.79 Å². The predicted molar refractivity (Wildman–Crippen MR) is 59.6 cm³/mol. The lowest BCUT2D eigenvalue weighted by Crippen LogP contribution is -2.14. The minimum Gasteiger partial charge on any atom is -0.296 e. The van der Waals surface area contributed by atoms with E-state index in [0.717, 1.165) is 12.8 Å². The van der Waals surface area contributed by atoms with Crippen molar-refractivity contribution in [1.82, 2.24) is 15.0 Å². The van der Waals surface area contributed by atoms with E-state index in [1.165, 1.54) is 4.68 Å². The first-order chi connectivity index (χ1) is 7.00. The van der Waals surface area contributed by atoms with Crippen LogP contribution >= 0.6 is 34.8 Å². The molecule has 0 unspecified atom stereocenters. The Morgan fingerprint density at radius 1 is 1.47 bits per heavy atom. The smallest absolute Gasteiger partial charge is 0.234 e. The maximum Gasteiger partial charge on any atom is 0.234 e. The number of rotatable bonds is 4. The Kier molecular flexibility index (Phi) is 4.37. The molecule has 0 fully saturated rings. The quantitative estimate of drug-likeness (QED) is 0.624. The van der Waals surface area contributed by atoms with E-state index in [1.54, 1.807) is 0 Å². The van der Waals surface area contributed by atoms with Gasteiger partial charge in [-0.3, -0.25) is 4.79 Å². The Morgan fingerprint density at radius 3 is 2.60 bits per heavy atom. The van der Waals surface area contributed by atoms with Crippen LogP contribution in [-0.4, -0.2) is 21.3 Å². The predicted octanol–water partition coefficient (Wildman–Crippen LogP) is 2.72. The second kappa shape index (κ2) is 5.14. The van der Waals surface area contributed by atoms with Crippen LogP contribution in [-0.2, 0) is 10.3 Å². The number of carbonyl (C=O) groups excluding carboxylic acids is 1. The Morgan fingerprint density at radius 2 is 2.13 bits per heavy atom. The zero-order valence-electron chi connectivity index (χ0n) is 8.08. The number of nitrogens with zero attached hydrogens (tertiary/aromatic N) is 3. The third-order valence-corrected chi connectivity index (χ3v) is 2.40. The summed E-state index contributed by atoms with van der Waals surface area (Å²) in [6.45, 7) is 2.62. The molecule has 0 spiro atoms. The van der Waals surface area contributed by atoms with Gasteiger partial charge in [-0.25, -0.2) is 4.68 Å². The van der Waals surface area contributed by atoms with E-state index in [4.69, 9.17) is 34.8 Å². The Balaban J connectivity index is 3.06. The second-order valence-corrected chi connectivity index (χ2v) is 5.30.